The molecule has 0 spiro atoms. The second-order valence-corrected chi connectivity index (χ2v) is 3.23. The number of carbonyl (C=O) groups excluding carboxylic acids is 2. The molecule has 1 atom stereocenters. The van der Waals surface area contributed by atoms with Gasteiger partial charge in [0.05, 0.1) is 0 Å². The quantitative estimate of drug-likeness (QED) is 0.719. The van der Waals surface area contributed by atoms with Gasteiger partial charge in [-0.15, -0.1) is 0 Å². The van der Waals surface area contributed by atoms with Crippen molar-refractivity contribution in [3.05, 3.63) is 34.9 Å². The summed E-state index contributed by atoms with van der Waals surface area (Å²) in [7, 11) is 0. The van der Waals surface area contributed by atoms with E-state index < -0.39 is 12.3 Å². The van der Waals surface area contributed by atoms with Gasteiger partial charge in [-0.2, -0.15) is 0 Å². The lowest BCUT2D eigenvalue weighted by atomic mass is 9.95. The van der Waals surface area contributed by atoms with E-state index in [0.717, 1.165) is 0 Å². The lowest BCUT2D eigenvalue weighted by Gasteiger charge is -2.09. The van der Waals surface area contributed by atoms with Crippen LogP contribution in [0, 0.1) is 0 Å². The first-order valence-corrected chi connectivity index (χ1v) is 4.42. The highest BCUT2D eigenvalue weighted by Crippen LogP contribution is 2.25. The summed E-state index contributed by atoms with van der Waals surface area (Å²) >= 11 is 0. The van der Waals surface area contributed by atoms with E-state index in [-0.39, 0.29) is 11.1 Å². The molecule has 0 aliphatic rings. The van der Waals surface area contributed by atoms with Crippen molar-refractivity contribution in [3.63, 3.8) is 0 Å². The van der Waals surface area contributed by atoms with Gasteiger partial charge in [0.25, 0.3) is 6.43 Å². The van der Waals surface area contributed by atoms with Gasteiger partial charge in [-0.25, -0.2) is 8.78 Å². The van der Waals surface area contributed by atoms with E-state index in [0.29, 0.717) is 18.1 Å². The van der Waals surface area contributed by atoms with Gasteiger partial charge in [0.1, 0.15) is 12.6 Å². The van der Waals surface area contributed by atoms with Crippen molar-refractivity contribution in [2.75, 3.05) is 0 Å². The standard InChI is InChI=1S/C11H10F2O2/c1-7(5-14)10-4-8(11(12)13)2-3-9(10)6-15/h2-7,11H,1H3. The van der Waals surface area contributed by atoms with Crippen LogP contribution >= 0.6 is 0 Å². The van der Waals surface area contributed by atoms with E-state index in [4.69, 9.17) is 0 Å². The van der Waals surface area contributed by atoms with E-state index in [9.17, 15) is 18.4 Å². The number of aldehydes is 2. The Hall–Kier alpha value is -1.58. The fourth-order valence-electron chi connectivity index (χ4n) is 1.30. The van der Waals surface area contributed by atoms with Crippen LogP contribution in [0.4, 0.5) is 8.78 Å². The molecule has 0 heterocycles. The van der Waals surface area contributed by atoms with Crippen LogP contribution in [0.2, 0.25) is 0 Å². The number of rotatable bonds is 4. The molecule has 0 aliphatic carbocycles. The van der Waals surface area contributed by atoms with E-state index in [2.05, 4.69) is 0 Å². The molecular weight excluding hydrogens is 202 g/mol. The number of carbonyl (C=O) groups is 2. The monoisotopic (exact) mass is 212 g/mol. The van der Waals surface area contributed by atoms with E-state index in [1.807, 2.05) is 0 Å². The molecule has 0 saturated carbocycles. The van der Waals surface area contributed by atoms with Crippen molar-refractivity contribution >= 4 is 12.6 Å². The highest BCUT2D eigenvalue weighted by Gasteiger charge is 2.14. The first-order chi connectivity index (χ1) is 7.10. The van der Waals surface area contributed by atoms with Crippen LogP contribution in [-0.2, 0) is 4.79 Å². The number of hydrogen-bond acceptors (Lipinski definition) is 2. The molecule has 1 aromatic rings. The topological polar surface area (TPSA) is 34.1 Å². The van der Waals surface area contributed by atoms with E-state index >= 15 is 0 Å². The van der Waals surface area contributed by atoms with Crippen molar-refractivity contribution in [1.82, 2.24) is 0 Å². The third-order valence-electron chi connectivity index (χ3n) is 2.18. The van der Waals surface area contributed by atoms with Crippen molar-refractivity contribution in [2.24, 2.45) is 0 Å². The van der Waals surface area contributed by atoms with Gasteiger partial charge < -0.3 is 4.79 Å². The summed E-state index contributed by atoms with van der Waals surface area (Å²) in [6, 6.07) is 3.70. The maximum absolute atomic E-state index is 12.4. The lowest BCUT2D eigenvalue weighted by Crippen LogP contribution is -2.01. The summed E-state index contributed by atoms with van der Waals surface area (Å²) in [5.41, 5.74) is 0.445. The minimum absolute atomic E-state index is 0.177. The number of hydrogen-bond donors (Lipinski definition) is 0. The average molecular weight is 212 g/mol. The normalized spacial score (nSPS) is 12.5. The fraction of sp³-hybridized carbons (Fsp3) is 0.273. The Labute approximate surface area is 85.9 Å². The van der Waals surface area contributed by atoms with Crippen molar-refractivity contribution in [2.45, 2.75) is 19.3 Å². The zero-order valence-corrected chi connectivity index (χ0v) is 8.11. The molecule has 0 N–H and O–H groups in total. The summed E-state index contributed by atoms with van der Waals surface area (Å²) in [6.45, 7) is 1.56. The fourth-order valence-corrected chi connectivity index (χ4v) is 1.30. The molecule has 0 bridgehead atoms. The van der Waals surface area contributed by atoms with Gasteiger partial charge >= 0.3 is 0 Å². The molecule has 1 rings (SSSR count). The van der Waals surface area contributed by atoms with Crippen LogP contribution in [0.1, 0.15) is 40.8 Å². The van der Waals surface area contributed by atoms with E-state index in [1.165, 1.54) is 18.2 Å². The minimum Gasteiger partial charge on any atom is -0.303 e. The molecule has 4 heteroatoms. The Balaban J connectivity index is 3.24. The average Bonchev–Trinajstić information content (AvgIpc) is 2.27. The molecule has 1 aromatic carbocycles. The number of halogens is 2. The van der Waals surface area contributed by atoms with Crippen molar-refractivity contribution in [1.29, 1.82) is 0 Å². The summed E-state index contributed by atoms with van der Waals surface area (Å²) < 4.78 is 24.7. The first-order valence-electron chi connectivity index (χ1n) is 4.42. The molecule has 0 amide bonds. The summed E-state index contributed by atoms with van der Waals surface area (Å²) in [5, 5.41) is 0. The van der Waals surface area contributed by atoms with Crippen LogP contribution in [-0.4, -0.2) is 12.6 Å². The molecule has 0 aromatic heterocycles. The van der Waals surface area contributed by atoms with Crippen LogP contribution in [0.3, 0.4) is 0 Å². The molecule has 2 nitrogen and oxygen atoms in total. The molecule has 0 fully saturated rings. The Morgan fingerprint density at radius 2 is 1.93 bits per heavy atom. The Bertz CT molecular complexity index is 375. The number of benzene rings is 1. The molecule has 1 unspecified atom stereocenters. The second-order valence-electron chi connectivity index (χ2n) is 3.23. The zero-order chi connectivity index (χ0) is 11.4. The highest BCUT2D eigenvalue weighted by molar-refractivity contribution is 5.80. The summed E-state index contributed by atoms with van der Waals surface area (Å²) in [4.78, 5) is 21.2. The SMILES string of the molecule is CC(C=O)c1cc(C(F)F)ccc1C=O. The van der Waals surface area contributed by atoms with Gasteiger partial charge in [-0.1, -0.05) is 19.1 Å². The van der Waals surface area contributed by atoms with Crippen LogP contribution in [0.15, 0.2) is 18.2 Å². The van der Waals surface area contributed by atoms with Crippen LogP contribution in [0.25, 0.3) is 0 Å². The molecule has 15 heavy (non-hydrogen) atoms. The van der Waals surface area contributed by atoms with Gasteiger partial charge in [0.15, 0.2) is 0 Å². The Kier molecular flexibility index (Phi) is 3.66. The summed E-state index contributed by atoms with van der Waals surface area (Å²) in [6.07, 6.45) is -1.41. The maximum Gasteiger partial charge on any atom is 0.263 e. The predicted molar refractivity (Wildman–Crippen MR) is 51.3 cm³/mol. The van der Waals surface area contributed by atoms with Crippen LogP contribution in [0.5, 0.6) is 0 Å². The third-order valence-corrected chi connectivity index (χ3v) is 2.18. The molecule has 0 saturated heterocycles. The van der Waals surface area contributed by atoms with Crippen molar-refractivity contribution < 1.29 is 18.4 Å². The van der Waals surface area contributed by atoms with Gasteiger partial charge in [-0.3, -0.25) is 4.79 Å². The minimum atomic E-state index is -2.59. The predicted octanol–water partition coefficient (Wildman–Crippen LogP) is 2.74. The smallest absolute Gasteiger partial charge is 0.263 e. The zero-order valence-electron chi connectivity index (χ0n) is 8.11. The third kappa shape index (κ3) is 2.46. The van der Waals surface area contributed by atoms with Crippen molar-refractivity contribution in [3.8, 4) is 0 Å². The molecule has 0 aliphatic heterocycles. The molecule has 80 valence electrons. The largest absolute Gasteiger partial charge is 0.303 e. The molecular formula is C11H10F2O2. The Morgan fingerprint density at radius 3 is 2.40 bits per heavy atom. The van der Waals surface area contributed by atoms with Crippen LogP contribution < -0.4 is 0 Å². The Morgan fingerprint density at radius 1 is 1.27 bits per heavy atom. The molecule has 0 radical (unpaired) electrons. The lowest BCUT2D eigenvalue weighted by molar-refractivity contribution is -0.108. The second kappa shape index (κ2) is 4.77. The van der Waals surface area contributed by atoms with Gasteiger partial charge in [0, 0.05) is 17.0 Å². The highest BCUT2D eigenvalue weighted by atomic mass is 19.3. The van der Waals surface area contributed by atoms with Gasteiger partial charge in [-0.05, 0) is 11.6 Å². The van der Waals surface area contributed by atoms with E-state index in [1.54, 1.807) is 6.92 Å². The number of alkyl halides is 2. The first kappa shape index (κ1) is 11.5. The van der Waals surface area contributed by atoms with Gasteiger partial charge in [0.2, 0.25) is 0 Å². The maximum atomic E-state index is 12.4. The summed E-state index contributed by atoms with van der Waals surface area (Å²) in [5.74, 6) is -0.552.